The van der Waals surface area contributed by atoms with Crippen LogP contribution in [0.15, 0.2) is 0 Å². The summed E-state index contributed by atoms with van der Waals surface area (Å²) in [6.07, 6.45) is 17.6. The van der Waals surface area contributed by atoms with Crippen molar-refractivity contribution >= 4 is 5.97 Å². The average molecular weight is 282 g/mol. The molecular weight excluding hydrogens is 252 g/mol. The van der Waals surface area contributed by atoms with Crippen molar-refractivity contribution in [1.29, 1.82) is 0 Å². The highest BCUT2D eigenvalue weighted by atomic mass is 16.4. The zero-order valence-electron chi connectivity index (χ0n) is 12.6. The van der Waals surface area contributed by atoms with Crippen molar-refractivity contribution < 1.29 is 15.0 Å². The molecule has 0 heterocycles. The molecule has 0 saturated heterocycles. The minimum absolute atomic E-state index is 0.181. The molecule has 0 aromatic carbocycles. The van der Waals surface area contributed by atoms with Crippen LogP contribution in [0.5, 0.6) is 0 Å². The number of unbranched alkanes of at least 4 members (excludes halogenated alkanes) is 8. The van der Waals surface area contributed by atoms with E-state index in [0.29, 0.717) is 6.42 Å². The zero-order valence-corrected chi connectivity index (χ0v) is 12.6. The van der Waals surface area contributed by atoms with Crippen LogP contribution in [0.3, 0.4) is 0 Å². The van der Waals surface area contributed by atoms with E-state index in [1.807, 2.05) is 0 Å². The Morgan fingerprint density at radius 2 is 1.40 bits per heavy atom. The lowest BCUT2D eigenvalue weighted by atomic mass is 10.0. The largest absolute Gasteiger partial charge is 0.481 e. The van der Waals surface area contributed by atoms with Crippen molar-refractivity contribution in [3.8, 4) is 12.3 Å². The fourth-order valence-corrected chi connectivity index (χ4v) is 2.30. The van der Waals surface area contributed by atoms with Crippen molar-refractivity contribution in [2.75, 3.05) is 0 Å². The zero-order chi connectivity index (χ0) is 15.1. The predicted molar refractivity (Wildman–Crippen MR) is 82.5 cm³/mol. The van der Waals surface area contributed by atoms with Gasteiger partial charge in [0.05, 0.1) is 6.10 Å². The maximum atomic E-state index is 10.3. The number of aliphatic hydroxyl groups excluding tert-OH is 1. The highest BCUT2D eigenvalue weighted by Crippen LogP contribution is 2.13. The molecule has 0 fully saturated rings. The molecule has 2 N–H and O–H groups in total. The van der Waals surface area contributed by atoms with Gasteiger partial charge in [-0.15, -0.1) is 12.3 Å². The molecule has 0 aliphatic carbocycles. The molecule has 0 aromatic rings. The third kappa shape index (κ3) is 15.0. The van der Waals surface area contributed by atoms with E-state index >= 15 is 0 Å². The van der Waals surface area contributed by atoms with Crippen molar-refractivity contribution in [3.63, 3.8) is 0 Å². The van der Waals surface area contributed by atoms with Crippen molar-refractivity contribution in [1.82, 2.24) is 0 Å². The number of carboxylic acid groups (broad SMARTS) is 1. The summed E-state index contributed by atoms with van der Waals surface area (Å²) in [5.41, 5.74) is 0. The molecule has 0 unspecified atom stereocenters. The van der Waals surface area contributed by atoms with Gasteiger partial charge in [0.1, 0.15) is 0 Å². The van der Waals surface area contributed by atoms with Crippen LogP contribution in [0.1, 0.15) is 83.5 Å². The third-order valence-corrected chi connectivity index (χ3v) is 3.54. The van der Waals surface area contributed by atoms with Gasteiger partial charge in [0.15, 0.2) is 0 Å². The molecular formula is C17H30O3. The van der Waals surface area contributed by atoms with Crippen molar-refractivity contribution in [3.05, 3.63) is 0 Å². The summed E-state index contributed by atoms with van der Waals surface area (Å²) < 4.78 is 0. The second-order valence-electron chi connectivity index (χ2n) is 5.51. The Morgan fingerprint density at radius 3 is 1.95 bits per heavy atom. The van der Waals surface area contributed by atoms with Gasteiger partial charge in [-0.1, -0.05) is 44.9 Å². The second kappa shape index (κ2) is 14.4. The number of terminal acetylenes is 1. The number of hydrogen-bond donors (Lipinski definition) is 2. The molecule has 20 heavy (non-hydrogen) atoms. The molecule has 1 atom stereocenters. The van der Waals surface area contributed by atoms with Gasteiger partial charge < -0.3 is 10.2 Å². The van der Waals surface area contributed by atoms with Crippen LogP contribution < -0.4 is 0 Å². The van der Waals surface area contributed by atoms with Crippen molar-refractivity contribution in [2.24, 2.45) is 0 Å². The normalized spacial score (nSPS) is 12.0. The number of carbonyl (C=O) groups is 1. The van der Waals surface area contributed by atoms with Gasteiger partial charge in [-0.3, -0.25) is 4.79 Å². The molecule has 116 valence electrons. The number of aliphatic hydroxyl groups is 1. The fourth-order valence-electron chi connectivity index (χ4n) is 2.30. The standard InChI is InChI=1S/C17H30O3/c1-2-3-10-13-16(18)14-11-8-6-4-5-7-9-12-15-17(19)20/h1,16,18H,3-15H2,(H,19,20)/t16-/m1/s1. The lowest BCUT2D eigenvalue weighted by Crippen LogP contribution is -2.05. The van der Waals surface area contributed by atoms with Crippen LogP contribution in [0.25, 0.3) is 0 Å². The van der Waals surface area contributed by atoms with E-state index in [-0.39, 0.29) is 6.10 Å². The summed E-state index contributed by atoms with van der Waals surface area (Å²) in [6.45, 7) is 0. The van der Waals surface area contributed by atoms with E-state index in [9.17, 15) is 9.90 Å². The topological polar surface area (TPSA) is 57.5 Å². The first kappa shape index (κ1) is 19.0. The summed E-state index contributed by atoms with van der Waals surface area (Å²) in [4.78, 5) is 10.3. The first-order valence-corrected chi connectivity index (χ1v) is 8.00. The van der Waals surface area contributed by atoms with Gasteiger partial charge in [-0.2, -0.15) is 0 Å². The van der Waals surface area contributed by atoms with E-state index in [1.165, 1.54) is 25.7 Å². The predicted octanol–water partition coefficient (Wildman–Crippen LogP) is 4.14. The first-order valence-electron chi connectivity index (χ1n) is 8.00. The van der Waals surface area contributed by atoms with E-state index in [2.05, 4.69) is 5.92 Å². The molecule has 0 saturated carbocycles. The summed E-state index contributed by atoms with van der Waals surface area (Å²) in [6, 6.07) is 0. The second-order valence-corrected chi connectivity index (χ2v) is 5.51. The van der Waals surface area contributed by atoms with Crippen LogP contribution in [0.2, 0.25) is 0 Å². The van der Waals surface area contributed by atoms with Gasteiger partial charge >= 0.3 is 5.97 Å². The average Bonchev–Trinajstić information content (AvgIpc) is 2.41. The van der Waals surface area contributed by atoms with E-state index in [0.717, 1.165) is 51.4 Å². The summed E-state index contributed by atoms with van der Waals surface area (Å²) >= 11 is 0. The fraction of sp³-hybridized carbons (Fsp3) is 0.824. The maximum absolute atomic E-state index is 10.3. The number of hydrogen-bond acceptors (Lipinski definition) is 2. The quantitative estimate of drug-likeness (QED) is 0.372. The molecule has 3 heteroatoms. The van der Waals surface area contributed by atoms with Crippen LogP contribution in [-0.2, 0) is 4.79 Å². The van der Waals surface area contributed by atoms with Gasteiger partial charge in [-0.25, -0.2) is 0 Å². The Kier molecular flexibility index (Phi) is 13.7. The Hall–Kier alpha value is -1.01. The van der Waals surface area contributed by atoms with E-state index in [4.69, 9.17) is 11.5 Å². The minimum Gasteiger partial charge on any atom is -0.481 e. The lowest BCUT2D eigenvalue weighted by Gasteiger charge is -2.09. The molecule has 3 nitrogen and oxygen atoms in total. The minimum atomic E-state index is -0.689. The molecule has 0 aliphatic heterocycles. The van der Waals surface area contributed by atoms with Crippen molar-refractivity contribution in [2.45, 2.75) is 89.6 Å². The van der Waals surface area contributed by atoms with Crippen LogP contribution in [0.4, 0.5) is 0 Å². The molecule has 0 radical (unpaired) electrons. The molecule has 0 amide bonds. The van der Waals surface area contributed by atoms with Crippen LogP contribution in [0, 0.1) is 12.3 Å². The highest BCUT2D eigenvalue weighted by Gasteiger charge is 2.03. The monoisotopic (exact) mass is 282 g/mol. The van der Waals surface area contributed by atoms with Crippen LogP contribution in [-0.4, -0.2) is 22.3 Å². The number of carboxylic acids is 1. The molecule has 0 spiro atoms. The molecule has 0 rings (SSSR count). The summed E-state index contributed by atoms with van der Waals surface area (Å²) in [5, 5.41) is 18.2. The molecule has 0 aromatic heterocycles. The highest BCUT2D eigenvalue weighted by molar-refractivity contribution is 5.66. The van der Waals surface area contributed by atoms with Crippen LogP contribution >= 0.6 is 0 Å². The van der Waals surface area contributed by atoms with Gasteiger partial charge in [0.25, 0.3) is 0 Å². The summed E-state index contributed by atoms with van der Waals surface area (Å²) in [5.74, 6) is 1.90. The van der Waals surface area contributed by atoms with Gasteiger partial charge in [0, 0.05) is 12.8 Å². The van der Waals surface area contributed by atoms with Gasteiger partial charge in [-0.05, 0) is 25.7 Å². The Bertz CT molecular complexity index is 268. The molecule has 0 aliphatic rings. The first-order chi connectivity index (χ1) is 9.66. The maximum Gasteiger partial charge on any atom is 0.303 e. The smallest absolute Gasteiger partial charge is 0.303 e. The third-order valence-electron chi connectivity index (χ3n) is 3.54. The van der Waals surface area contributed by atoms with Gasteiger partial charge in [0.2, 0.25) is 0 Å². The van der Waals surface area contributed by atoms with E-state index in [1.54, 1.807) is 0 Å². The molecule has 0 bridgehead atoms. The number of rotatable bonds is 14. The Labute approximate surface area is 123 Å². The Balaban J connectivity index is 3.12. The Morgan fingerprint density at radius 1 is 0.900 bits per heavy atom. The SMILES string of the molecule is C#CCCC[C@@H](O)CCCCCCCCCCC(=O)O. The summed E-state index contributed by atoms with van der Waals surface area (Å²) in [7, 11) is 0. The number of aliphatic carboxylic acids is 1. The lowest BCUT2D eigenvalue weighted by molar-refractivity contribution is -0.137. The van der Waals surface area contributed by atoms with E-state index < -0.39 is 5.97 Å².